The van der Waals surface area contributed by atoms with Gasteiger partial charge in [-0.3, -0.25) is 0 Å². The molecule has 0 saturated heterocycles. The monoisotopic (exact) mass is 234 g/mol. The van der Waals surface area contributed by atoms with Crippen LogP contribution >= 0.6 is 0 Å². The smallest absolute Gasteiger partial charge is 0.261 e. The van der Waals surface area contributed by atoms with Crippen molar-refractivity contribution in [2.45, 2.75) is 19.3 Å². The van der Waals surface area contributed by atoms with Crippen molar-refractivity contribution in [3.63, 3.8) is 0 Å². The molecule has 1 N–H and O–H groups in total. The van der Waals surface area contributed by atoms with Crippen molar-refractivity contribution in [1.82, 2.24) is 10.1 Å². The molecule has 2 aromatic rings. The van der Waals surface area contributed by atoms with Crippen molar-refractivity contribution in [3.05, 3.63) is 29.8 Å². The quantitative estimate of drug-likeness (QED) is 0.867. The fourth-order valence-electron chi connectivity index (χ4n) is 1.86. The summed E-state index contributed by atoms with van der Waals surface area (Å²) in [6.45, 7) is 2.11. The SMILES string of the molecule is CC1CC1c1noc(-c2cc(F)ccc2O)n1. The Hall–Kier alpha value is -1.91. The lowest BCUT2D eigenvalue weighted by Gasteiger charge is -1.98. The van der Waals surface area contributed by atoms with Crippen LogP contribution in [0.3, 0.4) is 0 Å². The second-order valence-corrected chi connectivity index (χ2v) is 4.44. The van der Waals surface area contributed by atoms with Gasteiger partial charge in [0, 0.05) is 5.92 Å². The van der Waals surface area contributed by atoms with Crippen molar-refractivity contribution in [2.24, 2.45) is 5.92 Å². The van der Waals surface area contributed by atoms with E-state index in [1.807, 2.05) is 0 Å². The molecule has 0 spiro atoms. The lowest BCUT2D eigenvalue weighted by atomic mass is 10.2. The highest BCUT2D eigenvalue weighted by Gasteiger charge is 2.38. The van der Waals surface area contributed by atoms with E-state index in [2.05, 4.69) is 17.1 Å². The Morgan fingerprint density at radius 3 is 2.94 bits per heavy atom. The van der Waals surface area contributed by atoms with Crippen LogP contribution in [0.1, 0.15) is 25.1 Å². The van der Waals surface area contributed by atoms with Crippen LogP contribution in [0, 0.1) is 11.7 Å². The Balaban J connectivity index is 1.98. The molecule has 0 amide bonds. The maximum atomic E-state index is 13.1. The highest BCUT2D eigenvalue weighted by Crippen LogP contribution is 2.46. The minimum atomic E-state index is -0.447. The van der Waals surface area contributed by atoms with Crippen LogP contribution < -0.4 is 0 Å². The van der Waals surface area contributed by atoms with E-state index in [0.29, 0.717) is 17.7 Å². The molecule has 1 saturated carbocycles. The first-order valence-electron chi connectivity index (χ1n) is 5.47. The summed E-state index contributed by atoms with van der Waals surface area (Å²) in [4.78, 5) is 4.19. The Kier molecular flexibility index (Phi) is 2.14. The molecule has 0 aliphatic heterocycles. The van der Waals surface area contributed by atoms with Gasteiger partial charge in [0.25, 0.3) is 5.89 Å². The molecular formula is C12H11FN2O2. The van der Waals surface area contributed by atoms with Gasteiger partial charge < -0.3 is 9.63 Å². The molecule has 1 aromatic heterocycles. The van der Waals surface area contributed by atoms with Crippen LogP contribution in [0.25, 0.3) is 11.5 Å². The van der Waals surface area contributed by atoms with Crippen LogP contribution in [0.5, 0.6) is 5.75 Å². The maximum absolute atomic E-state index is 13.1. The van der Waals surface area contributed by atoms with Gasteiger partial charge in [0.15, 0.2) is 5.82 Å². The minimum absolute atomic E-state index is 0.0644. The molecule has 1 fully saturated rings. The van der Waals surface area contributed by atoms with E-state index in [4.69, 9.17) is 4.52 Å². The first kappa shape index (κ1) is 10.3. The molecule has 1 aliphatic carbocycles. The third-order valence-corrected chi connectivity index (χ3v) is 3.07. The van der Waals surface area contributed by atoms with E-state index in [9.17, 15) is 9.50 Å². The molecule has 4 nitrogen and oxygen atoms in total. The number of phenols is 1. The van der Waals surface area contributed by atoms with Crippen LogP contribution in [0.15, 0.2) is 22.7 Å². The van der Waals surface area contributed by atoms with E-state index < -0.39 is 5.82 Å². The maximum Gasteiger partial charge on any atom is 0.261 e. The van der Waals surface area contributed by atoms with Gasteiger partial charge in [-0.2, -0.15) is 4.98 Å². The largest absolute Gasteiger partial charge is 0.507 e. The average molecular weight is 234 g/mol. The Labute approximate surface area is 97.1 Å². The molecule has 2 unspecified atom stereocenters. The van der Waals surface area contributed by atoms with Crippen molar-refractivity contribution in [3.8, 4) is 17.2 Å². The van der Waals surface area contributed by atoms with Crippen molar-refractivity contribution < 1.29 is 14.0 Å². The Morgan fingerprint density at radius 1 is 1.47 bits per heavy atom. The number of nitrogens with zero attached hydrogens (tertiary/aromatic N) is 2. The first-order chi connectivity index (χ1) is 8.15. The van der Waals surface area contributed by atoms with Crippen molar-refractivity contribution in [2.75, 3.05) is 0 Å². The van der Waals surface area contributed by atoms with Crippen LogP contribution in [0.4, 0.5) is 4.39 Å². The van der Waals surface area contributed by atoms with Crippen LogP contribution in [-0.4, -0.2) is 15.2 Å². The number of phenolic OH excluding ortho intramolecular Hbond substituents is 1. The molecule has 1 heterocycles. The van der Waals surface area contributed by atoms with Gasteiger partial charge in [0.1, 0.15) is 11.6 Å². The predicted octanol–water partition coefficient (Wildman–Crippen LogP) is 2.70. The fourth-order valence-corrected chi connectivity index (χ4v) is 1.86. The van der Waals surface area contributed by atoms with Gasteiger partial charge in [-0.25, -0.2) is 4.39 Å². The van der Waals surface area contributed by atoms with Gasteiger partial charge in [0.2, 0.25) is 0 Å². The molecule has 88 valence electrons. The number of aromatic nitrogens is 2. The second kappa shape index (κ2) is 3.55. The molecule has 0 bridgehead atoms. The molecule has 0 radical (unpaired) electrons. The third-order valence-electron chi connectivity index (χ3n) is 3.07. The number of benzene rings is 1. The highest BCUT2D eigenvalue weighted by atomic mass is 19.1. The highest BCUT2D eigenvalue weighted by molar-refractivity contribution is 5.61. The van der Waals surface area contributed by atoms with Crippen molar-refractivity contribution >= 4 is 0 Å². The molecule has 5 heteroatoms. The first-order valence-corrected chi connectivity index (χ1v) is 5.47. The zero-order valence-corrected chi connectivity index (χ0v) is 9.22. The summed E-state index contributed by atoms with van der Waals surface area (Å²) in [6.07, 6.45) is 1.05. The molecule has 1 aromatic carbocycles. The normalized spacial score (nSPS) is 22.7. The van der Waals surface area contributed by atoms with E-state index in [0.717, 1.165) is 6.42 Å². The zero-order valence-electron chi connectivity index (χ0n) is 9.22. The fraction of sp³-hybridized carbons (Fsp3) is 0.333. The molecular weight excluding hydrogens is 223 g/mol. The van der Waals surface area contributed by atoms with Gasteiger partial charge >= 0.3 is 0 Å². The van der Waals surface area contributed by atoms with E-state index >= 15 is 0 Å². The van der Waals surface area contributed by atoms with Crippen molar-refractivity contribution in [1.29, 1.82) is 0 Å². The topological polar surface area (TPSA) is 59.2 Å². The Morgan fingerprint density at radius 2 is 2.24 bits per heavy atom. The van der Waals surface area contributed by atoms with Gasteiger partial charge in [-0.1, -0.05) is 12.1 Å². The summed E-state index contributed by atoms with van der Waals surface area (Å²) in [5.41, 5.74) is 0.233. The standard InChI is InChI=1S/C12H11FN2O2/c1-6-4-8(6)11-14-12(17-15-11)9-5-7(13)2-3-10(9)16/h2-3,5-6,8,16H,4H2,1H3. The molecule has 1 aliphatic rings. The molecule has 2 atom stereocenters. The Bertz CT molecular complexity index is 567. The van der Waals surface area contributed by atoms with E-state index in [1.165, 1.54) is 18.2 Å². The predicted molar refractivity (Wildman–Crippen MR) is 57.9 cm³/mol. The van der Waals surface area contributed by atoms with Crippen LogP contribution in [-0.2, 0) is 0 Å². The number of aromatic hydroxyl groups is 1. The number of halogens is 1. The number of hydrogen-bond acceptors (Lipinski definition) is 4. The lowest BCUT2D eigenvalue weighted by Crippen LogP contribution is -1.85. The molecule has 17 heavy (non-hydrogen) atoms. The van der Waals surface area contributed by atoms with Crippen LogP contribution in [0.2, 0.25) is 0 Å². The van der Waals surface area contributed by atoms with E-state index in [1.54, 1.807) is 0 Å². The average Bonchev–Trinajstić information content (AvgIpc) is 2.85. The second-order valence-electron chi connectivity index (χ2n) is 4.44. The summed E-state index contributed by atoms with van der Waals surface area (Å²) in [6, 6.07) is 3.64. The van der Waals surface area contributed by atoms with E-state index in [-0.39, 0.29) is 17.2 Å². The van der Waals surface area contributed by atoms with Gasteiger partial charge in [-0.15, -0.1) is 0 Å². The third kappa shape index (κ3) is 1.77. The van der Waals surface area contributed by atoms with Gasteiger partial charge in [-0.05, 0) is 30.5 Å². The molecule has 3 rings (SSSR count). The summed E-state index contributed by atoms with van der Waals surface area (Å²) in [5, 5.41) is 13.5. The van der Waals surface area contributed by atoms with Gasteiger partial charge in [0.05, 0.1) is 5.56 Å². The number of hydrogen-bond donors (Lipinski definition) is 1. The summed E-state index contributed by atoms with van der Waals surface area (Å²) < 4.78 is 18.1. The lowest BCUT2D eigenvalue weighted by molar-refractivity contribution is 0.416. The zero-order chi connectivity index (χ0) is 12.0. The number of rotatable bonds is 2. The summed E-state index contributed by atoms with van der Waals surface area (Å²) in [7, 11) is 0. The summed E-state index contributed by atoms with van der Waals surface area (Å²) in [5.74, 6) is 1.19. The summed E-state index contributed by atoms with van der Waals surface area (Å²) >= 11 is 0. The minimum Gasteiger partial charge on any atom is -0.507 e.